The number of rotatable bonds is 19. The zero-order chi connectivity index (χ0) is 94.8. The molecule has 11 aromatic rings. The summed E-state index contributed by atoms with van der Waals surface area (Å²) in [4.78, 5) is 93.2. The summed E-state index contributed by atoms with van der Waals surface area (Å²) >= 11 is 0. The Morgan fingerprint density at radius 2 is 0.826 bits per heavy atom. The Morgan fingerprint density at radius 1 is 0.417 bits per heavy atom. The van der Waals surface area contributed by atoms with Crippen molar-refractivity contribution in [3.8, 4) is 39.5 Å². The lowest BCUT2D eigenvalue weighted by atomic mass is 9.86. The Balaban J connectivity index is 0.000000150. The molecule has 694 valence electrons. The number of anilines is 6. The van der Waals surface area contributed by atoms with Crippen LogP contribution in [-0.4, -0.2) is 190 Å². The fourth-order valence-corrected chi connectivity index (χ4v) is 17.4. The van der Waals surface area contributed by atoms with Crippen molar-refractivity contribution in [1.29, 1.82) is 0 Å². The van der Waals surface area contributed by atoms with Crippen LogP contribution in [0.3, 0.4) is 0 Å². The number of pyridine rings is 8. The number of aromatic nitrogens is 8. The number of nitrogens with zero attached hydrogens (tertiary/aromatic N) is 12. The molecule has 132 heavy (non-hydrogen) atoms. The van der Waals surface area contributed by atoms with Crippen molar-refractivity contribution in [2.75, 3.05) is 83.0 Å². The van der Waals surface area contributed by atoms with Crippen LogP contribution in [0.15, 0.2) is 165 Å². The number of aryl methyl sites for hydroxylation is 1. The van der Waals surface area contributed by atoms with E-state index in [4.69, 9.17) is 28.7 Å². The number of benzene rings is 3. The summed E-state index contributed by atoms with van der Waals surface area (Å²) in [7, 11) is 0. The average Bonchev–Trinajstić information content (AvgIpc) is 0.791. The number of halogens is 9. The molecule has 1 aliphatic carbocycles. The maximum atomic E-state index is 14.6. The number of aromatic hydroxyl groups is 1. The van der Waals surface area contributed by atoms with E-state index in [9.17, 15) is 84.2 Å². The number of aliphatic hydroxyl groups is 4. The highest BCUT2D eigenvalue weighted by atomic mass is 19.2. The number of nitrogen functional groups attached to an aromatic ring is 1. The number of phenolic OH excluding ortho intramolecular Hbond substituents is 1. The van der Waals surface area contributed by atoms with Crippen LogP contribution < -0.4 is 53.6 Å². The number of Topliss-reactive ketones (excluding diaryl/α,β-unsaturated/α-hetero) is 3. The minimum atomic E-state index is -1.21. The molecule has 1 amide bonds. The van der Waals surface area contributed by atoms with Crippen molar-refractivity contribution < 1.29 is 84.2 Å². The number of carbonyl (C=O) groups excluding carboxylic acids is 4. The highest BCUT2D eigenvalue weighted by molar-refractivity contribution is 6.05. The van der Waals surface area contributed by atoms with Gasteiger partial charge in [-0.1, -0.05) is 65.2 Å². The van der Waals surface area contributed by atoms with E-state index >= 15 is 0 Å². The van der Waals surface area contributed by atoms with Gasteiger partial charge in [-0.3, -0.25) is 39.1 Å². The molecule has 12 heterocycles. The third-order valence-corrected chi connectivity index (χ3v) is 24.5. The molecule has 0 spiro atoms. The van der Waals surface area contributed by atoms with Gasteiger partial charge in [0.2, 0.25) is 0 Å². The molecular formula is C96H103F9N18O9. The van der Waals surface area contributed by atoms with E-state index in [0.717, 1.165) is 85.6 Å². The quantitative estimate of drug-likeness (QED) is 0.0264. The Morgan fingerprint density at radius 3 is 1.32 bits per heavy atom. The van der Waals surface area contributed by atoms with E-state index in [1.807, 2.05) is 59.4 Å². The zero-order valence-electron chi connectivity index (χ0n) is 72.9. The molecule has 4 saturated heterocycles. The summed E-state index contributed by atoms with van der Waals surface area (Å²) in [6, 6.07) is 22.5. The van der Waals surface area contributed by atoms with E-state index in [1.165, 1.54) is 48.8 Å². The van der Waals surface area contributed by atoms with E-state index in [1.54, 1.807) is 62.3 Å². The number of piperidine rings is 4. The summed E-state index contributed by atoms with van der Waals surface area (Å²) in [6.45, 7) is 13.1. The first-order valence-electron chi connectivity index (χ1n) is 43.2. The minimum Gasteiger partial charge on any atom is -0.508 e. The van der Waals surface area contributed by atoms with Crippen molar-refractivity contribution in [2.45, 2.75) is 140 Å². The zero-order valence-corrected chi connectivity index (χ0v) is 72.9. The topological polar surface area (TPSA) is 428 Å². The normalized spacial score (nSPS) is 21.5. The SMILES string of the molecule is C[C@H]1CN(c2ccncc2CC(=O)c2ccc(F)c(-c3c(F)cc(O)cc3F)n2)C[C@@H](N)[C@@H]1O.C[C@H]1CN(c2ccncc2CC(=O)c2nc(-c3c(F)cccc3F)c(F)cc2N)C[C@@H](N)[C@@H]1O.C[C@H]1CN(c2ccncc2NC(=O)c2ccc(F)c(C3CCCCC3)n2)C[C@@H](N)[C@@H]1O.Cc1ccc(F)c(-c2cccc(C(=O)Cc3cnccc3N3C[C@@H](N)[C@H](O)[C@@H](C)C3)n2)c1F. The second-order valence-corrected chi connectivity index (χ2v) is 34.3. The third kappa shape index (κ3) is 22.3. The maximum Gasteiger partial charge on any atom is 0.274 e. The van der Waals surface area contributed by atoms with Crippen LogP contribution in [0.2, 0.25) is 0 Å². The molecular weight excluding hydrogens is 1720 g/mol. The minimum absolute atomic E-state index is 0.00252. The molecule has 3 aromatic carbocycles. The fraction of sp³-hybridized carbons (Fsp3) is 0.354. The lowest BCUT2D eigenvalue weighted by molar-refractivity contribution is 0.0783. The Kier molecular flexibility index (Phi) is 31.2. The largest absolute Gasteiger partial charge is 0.508 e. The van der Waals surface area contributed by atoms with E-state index in [0.29, 0.717) is 104 Å². The monoisotopic (exact) mass is 1820 g/mol. The number of nitrogens with two attached hydrogens (primary N) is 5. The first-order chi connectivity index (χ1) is 63.0. The number of phenols is 1. The lowest BCUT2D eigenvalue weighted by Crippen LogP contribution is -2.55. The van der Waals surface area contributed by atoms with Gasteiger partial charge in [0, 0.05) is 221 Å². The average molecular weight is 1820 g/mol. The summed E-state index contributed by atoms with van der Waals surface area (Å²) in [6.07, 6.45) is 15.1. The van der Waals surface area contributed by atoms with Crippen LogP contribution in [0.1, 0.15) is 136 Å². The van der Waals surface area contributed by atoms with Gasteiger partial charge in [-0.2, -0.15) is 0 Å². The van der Waals surface area contributed by atoms with E-state index in [2.05, 4.69) is 45.2 Å². The van der Waals surface area contributed by atoms with Crippen LogP contribution in [0.25, 0.3) is 33.8 Å². The van der Waals surface area contributed by atoms with Crippen molar-refractivity contribution in [3.63, 3.8) is 0 Å². The fourth-order valence-electron chi connectivity index (χ4n) is 17.4. The molecule has 5 fully saturated rings. The highest BCUT2D eigenvalue weighted by Crippen LogP contribution is 2.39. The molecule has 0 bridgehead atoms. The van der Waals surface area contributed by atoms with Crippen molar-refractivity contribution >= 4 is 57.4 Å². The number of nitrogens with one attached hydrogen (secondary N) is 1. The van der Waals surface area contributed by atoms with Gasteiger partial charge in [-0.25, -0.2) is 59.4 Å². The van der Waals surface area contributed by atoms with Gasteiger partial charge in [-0.05, 0) is 104 Å². The molecule has 12 atom stereocenters. The number of ketones is 3. The molecule has 36 heteroatoms. The van der Waals surface area contributed by atoms with E-state index < -0.39 is 135 Å². The third-order valence-electron chi connectivity index (χ3n) is 24.5. The smallest absolute Gasteiger partial charge is 0.274 e. The molecule has 1 saturated carbocycles. The predicted octanol–water partition coefficient (Wildman–Crippen LogP) is 11.9. The molecule has 0 radical (unpaired) electrons. The van der Waals surface area contributed by atoms with Gasteiger partial charge < -0.3 is 79.1 Å². The van der Waals surface area contributed by atoms with Gasteiger partial charge >= 0.3 is 0 Å². The van der Waals surface area contributed by atoms with Gasteiger partial charge in [0.15, 0.2) is 23.2 Å². The second kappa shape index (κ2) is 42.6. The van der Waals surface area contributed by atoms with Gasteiger partial charge in [0.1, 0.15) is 86.5 Å². The second-order valence-electron chi connectivity index (χ2n) is 34.3. The standard InChI is InChI=1S/C25H26F2N4O2.C24H24F3N5O2.C24H23F3N4O3.C23H30FN5O2/c1-14-6-7-17(26)23(24(14)27)20-5-3-4-19(30-20)22(32)10-16-11-29-9-8-21(16)31-12-15(2)25(33)18(28)13-31;1-12-10-32(11-18(29)24(12)34)19-5-6-30-9-13(19)7-20(33)23-17(28)8-16(27)22(31-23)21-14(25)3-2-4-15(21)26;1-12-10-31(11-18(28)24(12)34)20-4-5-29-9-13(20)6-21(33)19-3-2-15(25)23(30-19)22-16(26)7-14(32)8-17(22)27;1-14-12-29(13-17(25)22(14)30)20-9-10-26-11-19(20)28-23(31)18-8-7-16(24)21(27-18)15-5-3-2-4-6-15/h3-9,11,15,18,25,33H,10,12-13,28H2,1-2H3;2-6,8-9,12,18,24,34H,7,10-11,28-29H2,1H3;2-5,7-9,12,18,24,32,34H,6,10-11,28H2,1H3;7-11,14-15,17,22,30H,2-6,12-13,25H2,1H3,(H,28,31)/t15-,18+,25+;2*12-,18+,24+;14-,17+,22+/m0000/s1. The summed E-state index contributed by atoms with van der Waals surface area (Å²) in [5, 5.41) is 52.9. The number of aliphatic hydroxyl groups excluding tert-OH is 4. The number of amides is 1. The van der Waals surface area contributed by atoms with E-state index in [-0.39, 0.29) is 106 Å². The Bertz CT molecular complexity index is 5940. The maximum absolute atomic E-state index is 14.6. The molecule has 16 N–H and O–H groups in total. The Hall–Kier alpha value is -12.8. The van der Waals surface area contributed by atoms with Crippen LogP contribution in [0.4, 0.5) is 73.6 Å². The van der Waals surface area contributed by atoms with Crippen molar-refractivity contribution in [2.24, 2.45) is 46.6 Å². The van der Waals surface area contributed by atoms with Crippen LogP contribution in [0.5, 0.6) is 5.75 Å². The molecule has 5 aliphatic rings. The summed E-state index contributed by atoms with van der Waals surface area (Å²) in [5.74, 6) is -10.9. The molecule has 8 aromatic heterocycles. The number of hydrogen-bond acceptors (Lipinski definition) is 26. The van der Waals surface area contributed by atoms with Crippen molar-refractivity contribution in [1.82, 2.24) is 39.9 Å². The summed E-state index contributed by atoms with van der Waals surface area (Å²) in [5.41, 5.74) is 32.9. The lowest BCUT2D eigenvalue weighted by Gasteiger charge is -2.40. The van der Waals surface area contributed by atoms with Crippen LogP contribution in [-0.2, 0) is 19.3 Å². The van der Waals surface area contributed by atoms with Crippen LogP contribution in [0, 0.1) is 83.0 Å². The van der Waals surface area contributed by atoms with Gasteiger partial charge in [-0.15, -0.1) is 0 Å². The molecule has 0 unspecified atom stereocenters. The first-order valence-corrected chi connectivity index (χ1v) is 43.2. The summed E-state index contributed by atoms with van der Waals surface area (Å²) < 4.78 is 129. The van der Waals surface area contributed by atoms with Gasteiger partial charge in [0.25, 0.3) is 5.91 Å². The molecule has 27 nitrogen and oxygen atoms in total. The Labute approximate surface area is 755 Å². The number of carbonyl (C=O) groups is 4. The molecule has 4 aliphatic heterocycles. The first kappa shape index (κ1) is 96.7. The van der Waals surface area contributed by atoms with Crippen LogP contribution >= 0.6 is 0 Å². The predicted molar refractivity (Wildman–Crippen MR) is 480 cm³/mol. The highest BCUT2D eigenvalue weighted by Gasteiger charge is 2.38. The molecule has 16 rings (SSSR count). The number of hydrogen-bond donors (Lipinski definition) is 11. The van der Waals surface area contributed by atoms with Crippen molar-refractivity contribution in [3.05, 3.63) is 268 Å². The van der Waals surface area contributed by atoms with Gasteiger partial charge in [0.05, 0.1) is 75.8 Å².